The summed E-state index contributed by atoms with van der Waals surface area (Å²) in [7, 11) is 1.33. The number of carbonyl (C=O) groups excluding carboxylic acids is 3. The van der Waals surface area contributed by atoms with Crippen molar-refractivity contribution < 1.29 is 29.0 Å². The number of hydrogen-bond donors (Lipinski definition) is 3. The van der Waals surface area contributed by atoms with E-state index in [1.807, 2.05) is 0 Å². The molecule has 0 atom stereocenters. The molecule has 0 aromatic heterocycles. The molecule has 2 amide bonds. The lowest BCUT2D eigenvalue weighted by Gasteiger charge is -2.01. The highest BCUT2D eigenvalue weighted by Gasteiger charge is 2.19. The smallest absolute Gasteiger partial charge is 0.337 e. The maximum atomic E-state index is 11.2. The first-order chi connectivity index (χ1) is 12.9. The number of aromatic carboxylic acids is 1. The number of carbonyl (C=O) groups is 4. The molecule has 0 unspecified atom stereocenters. The highest BCUT2D eigenvalue weighted by atomic mass is 16.5. The van der Waals surface area contributed by atoms with E-state index in [1.54, 1.807) is 24.3 Å². The van der Waals surface area contributed by atoms with Crippen molar-refractivity contribution in [3.05, 3.63) is 58.7 Å². The van der Waals surface area contributed by atoms with Crippen molar-refractivity contribution in [2.75, 3.05) is 17.7 Å². The number of rotatable bonds is 2. The van der Waals surface area contributed by atoms with Crippen LogP contribution in [0.4, 0.5) is 11.4 Å². The number of carboxylic acid groups (broad SMARTS) is 1. The first-order valence-electron chi connectivity index (χ1n) is 8.04. The average molecular weight is 368 g/mol. The van der Waals surface area contributed by atoms with Gasteiger partial charge in [0.2, 0.25) is 11.8 Å². The number of carboxylic acids is 1. The fraction of sp³-hybridized carbons (Fsp3) is 0.158. The molecule has 3 N–H and O–H groups in total. The lowest BCUT2D eigenvalue weighted by molar-refractivity contribution is -0.115. The van der Waals surface area contributed by atoms with Crippen molar-refractivity contribution in [1.29, 1.82) is 0 Å². The predicted octanol–water partition coefficient (Wildman–Crippen LogP) is 1.85. The van der Waals surface area contributed by atoms with E-state index in [0.29, 0.717) is 29.8 Å². The Balaban J connectivity index is 0.000000156. The number of amides is 2. The second-order valence-electron chi connectivity index (χ2n) is 5.99. The van der Waals surface area contributed by atoms with Crippen LogP contribution in [-0.2, 0) is 27.2 Å². The van der Waals surface area contributed by atoms with E-state index in [1.165, 1.54) is 19.2 Å². The predicted molar refractivity (Wildman–Crippen MR) is 95.9 cm³/mol. The number of esters is 1. The van der Waals surface area contributed by atoms with Crippen molar-refractivity contribution in [2.45, 2.75) is 12.8 Å². The molecule has 138 valence electrons. The Hall–Kier alpha value is -3.68. The van der Waals surface area contributed by atoms with E-state index in [-0.39, 0.29) is 17.4 Å². The van der Waals surface area contributed by atoms with Gasteiger partial charge in [0.1, 0.15) is 0 Å². The summed E-state index contributed by atoms with van der Waals surface area (Å²) >= 11 is 0. The van der Waals surface area contributed by atoms with Gasteiger partial charge in [-0.05, 0) is 35.4 Å². The molecule has 0 spiro atoms. The first kappa shape index (κ1) is 18.1. The Kier molecular flexibility index (Phi) is 4.89. The monoisotopic (exact) mass is 368 g/mol. The molecular formula is C19H16N2O6. The molecule has 27 heavy (non-hydrogen) atoms. The minimum Gasteiger partial charge on any atom is -0.478 e. The van der Waals surface area contributed by atoms with Gasteiger partial charge in [-0.25, -0.2) is 9.59 Å². The fourth-order valence-corrected chi connectivity index (χ4v) is 2.81. The van der Waals surface area contributed by atoms with E-state index in [0.717, 1.165) is 11.1 Å². The zero-order valence-corrected chi connectivity index (χ0v) is 14.4. The van der Waals surface area contributed by atoms with Gasteiger partial charge in [0.05, 0.1) is 31.1 Å². The standard InChI is InChI=1S/C10H9NO3.C9H7NO3/c1-14-10(13)7-3-2-6-5-9(12)11-8(6)4-7;11-8-4-5-1-2-6(9(12)13)3-7(5)10-8/h2-4H,5H2,1H3,(H,11,12);1-3H,4H2,(H,10,11)(H,12,13). The van der Waals surface area contributed by atoms with E-state index in [2.05, 4.69) is 15.4 Å². The summed E-state index contributed by atoms with van der Waals surface area (Å²) in [4.78, 5) is 43.7. The van der Waals surface area contributed by atoms with E-state index in [9.17, 15) is 19.2 Å². The van der Waals surface area contributed by atoms with Crippen molar-refractivity contribution in [3.8, 4) is 0 Å². The lowest BCUT2D eigenvalue weighted by atomic mass is 10.1. The lowest BCUT2D eigenvalue weighted by Crippen LogP contribution is -2.04. The molecule has 0 bridgehead atoms. The molecule has 0 radical (unpaired) electrons. The largest absolute Gasteiger partial charge is 0.478 e. The second kappa shape index (κ2) is 7.28. The molecule has 8 heteroatoms. The molecule has 4 rings (SSSR count). The molecule has 0 saturated carbocycles. The van der Waals surface area contributed by atoms with Crippen LogP contribution >= 0.6 is 0 Å². The minimum atomic E-state index is -0.982. The van der Waals surface area contributed by atoms with Crippen LogP contribution in [0.1, 0.15) is 31.8 Å². The van der Waals surface area contributed by atoms with E-state index in [4.69, 9.17) is 5.11 Å². The van der Waals surface area contributed by atoms with Crippen LogP contribution in [0.3, 0.4) is 0 Å². The minimum absolute atomic E-state index is 0.0398. The van der Waals surface area contributed by atoms with Gasteiger partial charge in [-0.2, -0.15) is 0 Å². The van der Waals surface area contributed by atoms with Gasteiger partial charge in [0.25, 0.3) is 0 Å². The second-order valence-corrected chi connectivity index (χ2v) is 5.99. The average Bonchev–Trinajstić information content (AvgIpc) is 3.20. The highest BCUT2D eigenvalue weighted by molar-refractivity contribution is 6.02. The summed E-state index contributed by atoms with van der Waals surface area (Å²) in [6.45, 7) is 0. The van der Waals surface area contributed by atoms with Gasteiger partial charge < -0.3 is 20.5 Å². The third kappa shape index (κ3) is 3.95. The molecule has 2 aliphatic rings. The molecule has 2 aliphatic heterocycles. The van der Waals surface area contributed by atoms with Crippen LogP contribution < -0.4 is 10.6 Å². The molecule has 0 aliphatic carbocycles. The van der Waals surface area contributed by atoms with Crippen LogP contribution in [0.25, 0.3) is 0 Å². The van der Waals surface area contributed by atoms with Gasteiger partial charge in [-0.1, -0.05) is 12.1 Å². The summed E-state index contributed by atoms with van der Waals surface area (Å²) in [6, 6.07) is 9.69. The van der Waals surface area contributed by atoms with Gasteiger partial charge in [-0.3, -0.25) is 9.59 Å². The van der Waals surface area contributed by atoms with Crippen LogP contribution in [0, 0.1) is 0 Å². The molecule has 2 heterocycles. The zero-order valence-electron chi connectivity index (χ0n) is 14.4. The third-order valence-electron chi connectivity index (χ3n) is 4.14. The van der Waals surface area contributed by atoms with Crippen LogP contribution in [0.15, 0.2) is 36.4 Å². The topological polar surface area (TPSA) is 122 Å². The number of methoxy groups -OCH3 is 1. The Morgan fingerprint density at radius 2 is 1.37 bits per heavy atom. The maximum Gasteiger partial charge on any atom is 0.337 e. The van der Waals surface area contributed by atoms with Gasteiger partial charge in [0, 0.05) is 11.4 Å². The Morgan fingerprint density at radius 1 is 0.889 bits per heavy atom. The summed E-state index contributed by atoms with van der Waals surface area (Å²) in [5.41, 5.74) is 3.75. The highest BCUT2D eigenvalue weighted by Crippen LogP contribution is 2.24. The summed E-state index contributed by atoms with van der Waals surface area (Å²) in [6.07, 6.45) is 0.728. The fourth-order valence-electron chi connectivity index (χ4n) is 2.81. The van der Waals surface area contributed by atoms with Crippen molar-refractivity contribution in [3.63, 3.8) is 0 Å². The molecule has 8 nitrogen and oxygen atoms in total. The number of hydrogen-bond acceptors (Lipinski definition) is 5. The van der Waals surface area contributed by atoms with Crippen molar-refractivity contribution in [1.82, 2.24) is 0 Å². The van der Waals surface area contributed by atoms with Crippen molar-refractivity contribution in [2.24, 2.45) is 0 Å². The number of nitrogens with one attached hydrogen (secondary N) is 2. The number of ether oxygens (including phenoxy) is 1. The number of anilines is 2. The third-order valence-corrected chi connectivity index (χ3v) is 4.14. The van der Waals surface area contributed by atoms with E-state index < -0.39 is 11.9 Å². The molecule has 2 aromatic carbocycles. The SMILES string of the molecule is COC(=O)c1ccc2c(c1)NC(=O)C2.O=C1Cc2ccc(C(=O)O)cc2N1. The maximum absolute atomic E-state index is 11.2. The molecular weight excluding hydrogens is 352 g/mol. The van der Waals surface area contributed by atoms with Crippen LogP contribution in [0.2, 0.25) is 0 Å². The Bertz CT molecular complexity index is 967. The van der Waals surface area contributed by atoms with Gasteiger partial charge in [-0.15, -0.1) is 0 Å². The number of fused-ring (bicyclic) bond motifs is 2. The quantitative estimate of drug-likeness (QED) is 0.696. The molecule has 0 fully saturated rings. The normalized spacial score (nSPS) is 13.5. The first-order valence-corrected chi connectivity index (χ1v) is 8.04. The van der Waals surface area contributed by atoms with Crippen LogP contribution in [0.5, 0.6) is 0 Å². The van der Waals surface area contributed by atoms with Gasteiger partial charge >= 0.3 is 11.9 Å². The molecule has 2 aromatic rings. The van der Waals surface area contributed by atoms with Crippen LogP contribution in [-0.4, -0.2) is 36.0 Å². The number of benzene rings is 2. The van der Waals surface area contributed by atoms with Crippen molar-refractivity contribution >= 4 is 35.1 Å². The Labute approximate surface area is 154 Å². The van der Waals surface area contributed by atoms with Gasteiger partial charge in [0.15, 0.2) is 0 Å². The summed E-state index contributed by atoms with van der Waals surface area (Å²) in [5, 5.41) is 13.9. The summed E-state index contributed by atoms with van der Waals surface area (Å²) in [5.74, 6) is -1.50. The summed E-state index contributed by atoms with van der Waals surface area (Å²) < 4.78 is 4.57. The zero-order chi connectivity index (χ0) is 19.6. The Morgan fingerprint density at radius 3 is 1.85 bits per heavy atom. The molecule has 0 saturated heterocycles. The van der Waals surface area contributed by atoms with E-state index >= 15 is 0 Å².